The molecule has 4 rings (SSSR count). The molecule has 0 aromatic heterocycles. The van der Waals surface area contributed by atoms with Crippen LogP contribution >= 0.6 is 23.5 Å². The molecule has 10 heteroatoms. The Bertz CT molecular complexity index is 917. The summed E-state index contributed by atoms with van der Waals surface area (Å²) < 4.78 is 0. The number of hydrazine groups is 1. The number of carbonyl (C=O) groups is 2. The summed E-state index contributed by atoms with van der Waals surface area (Å²) in [6.45, 7) is 0. The molecule has 0 radical (unpaired) electrons. The topological polar surface area (TPSA) is 117 Å². The second-order valence-electron chi connectivity index (χ2n) is 6.59. The smallest absolute Gasteiger partial charge is 0.227 e. The van der Waals surface area contributed by atoms with Crippen LogP contribution in [-0.2, 0) is 9.59 Å². The van der Waals surface area contributed by atoms with Gasteiger partial charge in [0.1, 0.15) is 0 Å². The average molecular weight is 441 g/mol. The highest BCUT2D eigenvalue weighted by atomic mass is 32.2. The number of thioether (sulfide) groups is 2. The third-order valence-electron chi connectivity index (χ3n) is 4.44. The lowest BCUT2D eigenvalue weighted by molar-refractivity contribution is -0.116. The van der Waals surface area contributed by atoms with Gasteiger partial charge in [0, 0.05) is 0 Å². The summed E-state index contributed by atoms with van der Waals surface area (Å²) in [5.41, 5.74) is 12.7. The molecule has 0 saturated heterocycles. The Labute approximate surface area is 182 Å². The highest BCUT2D eigenvalue weighted by molar-refractivity contribution is 8.14. The Balaban J connectivity index is 1.75. The van der Waals surface area contributed by atoms with Gasteiger partial charge >= 0.3 is 0 Å². The molecule has 4 N–H and O–H groups in total. The molecular formula is C20H20N6O2S2. The molecule has 0 fully saturated rings. The molecule has 2 aliphatic rings. The molecule has 30 heavy (non-hydrogen) atoms. The molecule has 0 saturated carbocycles. The first kappa shape index (κ1) is 20.3. The Morgan fingerprint density at radius 2 is 1.10 bits per heavy atom. The summed E-state index contributed by atoms with van der Waals surface area (Å²) in [5, 5.41) is 5.22. The summed E-state index contributed by atoms with van der Waals surface area (Å²) in [5.74, 6) is -0.624. The fraction of sp³-hybridized carbons (Fsp3) is 0.200. The molecule has 2 aromatic carbocycles. The van der Waals surface area contributed by atoms with Gasteiger partial charge in [-0.1, -0.05) is 84.2 Å². The lowest BCUT2D eigenvalue weighted by Crippen LogP contribution is -2.41. The first-order valence-corrected chi connectivity index (χ1v) is 11.2. The van der Waals surface area contributed by atoms with Crippen molar-refractivity contribution in [2.45, 2.75) is 12.3 Å². The van der Waals surface area contributed by atoms with Crippen molar-refractivity contribution < 1.29 is 9.59 Å². The van der Waals surface area contributed by atoms with E-state index in [0.29, 0.717) is 10.3 Å². The van der Waals surface area contributed by atoms with E-state index in [2.05, 4.69) is 0 Å². The first-order valence-electron chi connectivity index (χ1n) is 9.20. The minimum atomic E-state index is -0.419. The number of hydrogen-bond donors (Lipinski definition) is 2. The number of nitrogens with two attached hydrogens (primary N) is 2. The van der Waals surface area contributed by atoms with Gasteiger partial charge in [0.15, 0.2) is 22.7 Å². The van der Waals surface area contributed by atoms with Crippen LogP contribution < -0.4 is 11.5 Å². The van der Waals surface area contributed by atoms with Crippen LogP contribution in [0.2, 0.25) is 0 Å². The molecule has 2 heterocycles. The molecule has 0 unspecified atom stereocenters. The van der Waals surface area contributed by atoms with Gasteiger partial charge in [-0.2, -0.15) is 0 Å². The standard InChI is InChI=1S/C20H20N6O2S2/c21-15(27)11-29-19-23-17(13-7-3-1-4-8-13)25-20(30-12-16(22)28)24-18(26(19)25)14-9-5-2-6-10-14/h1-10,17-18H,11-12H2,(H2,21,27)(H2,22,28)/t17-,18-/m0/s1. The lowest BCUT2D eigenvalue weighted by atomic mass is 10.2. The maximum absolute atomic E-state index is 11.4. The van der Waals surface area contributed by atoms with Crippen LogP contribution in [0, 0.1) is 0 Å². The minimum Gasteiger partial charge on any atom is -0.369 e. The number of carbonyl (C=O) groups excluding carboxylic acids is 2. The summed E-state index contributed by atoms with van der Waals surface area (Å²) in [4.78, 5) is 32.6. The number of nitrogens with zero attached hydrogens (tertiary/aromatic N) is 4. The van der Waals surface area contributed by atoms with Crippen molar-refractivity contribution in [1.29, 1.82) is 0 Å². The fourth-order valence-corrected chi connectivity index (χ4v) is 4.76. The van der Waals surface area contributed by atoms with E-state index >= 15 is 0 Å². The fourth-order valence-electron chi connectivity index (χ4n) is 3.23. The van der Waals surface area contributed by atoms with Crippen LogP contribution in [0.25, 0.3) is 0 Å². The predicted octanol–water partition coefficient (Wildman–Crippen LogP) is 2.08. The molecule has 0 aliphatic carbocycles. The van der Waals surface area contributed by atoms with Crippen molar-refractivity contribution in [2.24, 2.45) is 21.5 Å². The number of amides is 2. The highest BCUT2D eigenvalue weighted by Gasteiger charge is 2.46. The van der Waals surface area contributed by atoms with Gasteiger partial charge in [-0.25, -0.2) is 20.0 Å². The number of hydrogen-bond acceptors (Lipinski definition) is 8. The van der Waals surface area contributed by atoms with Gasteiger partial charge < -0.3 is 11.5 Å². The van der Waals surface area contributed by atoms with E-state index < -0.39 is 11.8 Å². The van der Waals surface area contributed by atoms with Gasteiger partial charge in [-0.05, 0) is 11.1 Å². The number of fused-ring (bicyclic) bond motifs is 1. The Kier molecular flexibility index (Phi) is 5.96. The summed E-state index contributed by atoms with van der Waals surface area (Å²) in [7, 11) is 0. The average Bonchev–Trinajstić information content (AvgIpc) is 3.31. The highest BCUT2D eigenvalue weighted by Crippen LogP contribution is 2.45. The van der Waals surface area contributed by atoms with Crippen molar-refractivity contribution in [2.75, 3.05) is 11.5 Å². The molecule has 2 amide bonds. The number of primary amides is 2. The normalized spacial score (nSPS) is 20.0. The largest absolute Gasteiger partial charge is 0.369 e. The number of rotatable bonds is 6. The van der Waals surface area contributed by atoms with Crippen LogP contribution in [0.15, 0.2) is 70.6 Å². The Morgan fingerprint density at radius 1 is 0.733 bits per heavy atom. The molecule has 0 spiro atoms. The zero-order valence-corrected chi connectivity index (χ0v) is 17.6. The number of aliphatic imine (C=N–C) groups is 2. The summed E-state index contributed by atoms with van der Waals surface area (Å²) in [6.07, 6.45) is -0.733. The van der Waals surface area contributed by atoms with Crippen LogP contribution in [0.5, 0.6) is 0 Å². The monoisotopic (exact) mass is 440 g/mol. The quantitative estimate of drug-likeness (QED) is 0.710. The Morgan fingerprint density at radius 3 is 1.43 bits per heavy atom. The molecule has 2 aliphatic heterocycles. The maximum atomic E-state index is 11.4. The van der Waals surface area contributed by atoms with Crippen LogP contribution in [-0.4, -0.2) is 43.7 Å². The third-order valence-corrected chi connectivity index (χ3v) is 6.39. The van der Waals surface area contributed by atoms with E-state index in [1.54, 1.807) is 0 Å². The van der Waals surface area contributed by atoms with Crippen LogP contribution in [0.1, 0.15) is 23.5 Å². The van der Waals surface area contributed by atoms with Gasteiger partial charge in [0.2, 0.25) is 11.8 Å². The summed E-state index contributed by atoms with van der Waals surface area (Å²) in [6, 6.07) is 19.6. The van der Waals surface area contributed by atoms with E-state index in [4.69, 9.17) is 21.5 Å². The number of amidine groups is 2. The van der Waals surface area contributed by atoms with Crippen LogP contribution in [0.4, 0.5) is 0 Å². The molecule has 154 valence electrons. The van der Waals surface area contributed by atoms with Crippen molar-refractivity contribution >= 4 is 45.7 Å². The van der Waals surface area contributed by atoms with E-state index in [-0.39, 0.29) is 23.8 Å². The van der Waals surface area contributed by atoms with Crippen molar-refractivity contribution in [3.8, 4) is 0 Å². The van der Waals surface area contributed by atoms with Gasteiger partial charge in [0.25, 0.3) is 0 Å². The zero-order chi connectivity index (χ0) is 21.1. The van der Waals surface area contributed by atoms with Gasteiger partial charge in [-0.15, -0.1) is 0 Å². The van der Waals surface area contributed by atoms with E-state index in [1.807, 2.05) is 70.7 Å². The SMILES string of the molecule is NC(=O)CSC1=N[C@H](c2ccccc2)N2C(SCC(N)=O)=N[C@H](c3ccccc3)N12. The Hall–Kier alpha value is -2.98. The molecule has 2 aromatic rings. The zero-order valence-electron chi connectivity index (χ0n) is 15.9. The van der Waals surface area contributed by atoms with Gasteiger partial charge in [-0.3, -0.25) is 9.59 Å². The van der Waals surface area contributed by atoms with Crippen molar-refractivity contribution in [1.82, 2.24) is 10.0 Å². The lowest BCUT2D eigenvalue weighted by Gasteiger charge is -2.31. The number of benzene rings is 2. The molecule has 8 nitrogen and oxygen atoms in total. The third kappa shape index (κ3) is 4.14. The second kappa shape index (κ2) is 8.80. The van der Waals surface area contributed by atoms with Crippen molar-refractivity contribution in [3.05, 3.63) is 71.8 Å². The van der Waals surface area contributed by atoms with Crippen LogP contribution in [0.3, 0.4) is 0 Å². The molecule has 2 atom stereocenters. The first-order chi connectivity index (χ1) is 14.5. The minimum absolute atomic E-state index is 0.107. The maximum Gasteiger partial charge on any atom is 0.227 e. The molecular weight excluding hydrogens is 420 g/mol. The molecule has 0 bridgehead atoms. The van der Waals surface area contributed by atoms with Crippen molar-refractivity contribution in [3.63, 3.8) is 0 Å². The van der Waals surface area contributed by atoms with E-state index in [1.165, 1.54) is 23.5 Å². The summed E-state index contributed by atoms with van der Waals surface area (Å²) >= 11 is 2.55. The van der Waals surface area contributed by atoms with Gasteiger partial charge in [0.05, 0.1) is 11.5 Å². The second-order valence-corrected chi connectivity index (χ2v) is 8.48. The van der Waals surface area contributed by atoms with E-state index in [0.717, 1.165) is 11.1 Å². The van der Waals surface area contributed by atoms with E-state index in [9.17, 15) is 9.59 Å². The predicted molar refractivity (Wildman–Crippen MR) is 120 cm³/mol.